The van der Waals surface area contributed by atoms with Crippen molar-refractivity contribution in [1.82, 2.24) is 5.43 Å². The third-order valence-electron chi connectivity index (χ3n) is 5.74. The summed E-state index contributed by atoms with van der Waals surface area (Å²) in [7, 11) is 0. The molecule has 6 heteroatoms. The van der Waals surface area contributed by atoms with Crippen molar-refractivity contribution in [3.8, 4) is 0 Å². The van der Waals surface area contributed by atoms with Crippen LogP contribution in [-0.4, -0.2) is 17.6 Å². The van der Waals surface area contributed by atoms with Crippen LogP contribution < -0.4 is 10.3 Å². The fourth-order valence-corrected chi connectivity index (χ4v) is 3.91. The highest BCUT2D eigenvalue weighted by Gasteiger charge is 2.18. The lowest BCUT2D eigenvalue weighted by Gasteiger charge is -2.20. The zero-order valence-corrected chi connectivity index (χ0v) is 19.5. The van der Waals surface area contributed by atoms with Crippen molar-refractivity contribution in [2.75, 3.05) is 11.4 Å². The number of hydrogen-bond donors (Lipinski definition) is 1. The summed E-state index contributed by atoms with van der Waals surface area (Å²) < 4.78 is 0. The van der Waals surface area contributed by atoms with Gasteiger partial charge in [-0.25, -0.2) is 14.9 Å². The largest absolute Gasteiger partial charge is 0.379 e. The number of nitrogens with one attached hydrogen (secondary N) is 1. The standard InChI is InChI=1S/C25H43N3O3/c1-2-3-4-5-6-7-8-9-10-11-12-13-14-15-16-20-23-27(25(29)26-28(30)31)24-21-18-17-19-22-24/h17-19,21-22H,2-16,20,23H2,1H3,(H,26,29). The first kappa shape index (κ1) is 26.9. The van der Waals surface area contributed by atoms with Crippen molar-refractivity contribution >= 4 is 11.7 Å². The predicted octanol–water partition coefficient (Wildman–Crippen LogP) is 7.66. The average molecular weight is 434 g/mol. The molecule has 0 bridgehead atoms. The first-order chi connectivity index (χ1) is 15.1. The van der Waals surface area contributed by atoms with E-state index in [4.69, 9.17) is 0 Å². The van der Waals surface area contributed by atoms with Crippen LogP contribution in [0.4, 0.5) is 10.5 Å². The highest BCUT2D eigenvalue weighted by atomic mass is 16.7. The molecule has 176 valence electrons. The number of anilines is 1. The second kappa shape index (κ2) is 18.6. The summed E-state index contributed by atoms with van der Waals surface area (Å²) >= 11 is 0. The van der Waals surface area contributed by atoms with Crippen LogP contribution in [0.25, 0.3) is 0 Å². The molecular formula is C25H43N3O3. The van der Waals surface area contributed by atoms with Crippen LogP contribution in [0, 0.1) is 10.1 Å². The van der Waals surface area contributed by atoms with Crippen molar-refractivity contribution in [2.24, 2.45) is 0 Å². The number of hydrazine groups is 1. The maximum Gasteiger partial charge on any atom is 0.379 e. The van der Waals surface area contributed by atoms with Crippen LogP contribution >= 0.6 is 0 Å². The molecule has 0 aliphatic heterocycles. The third kappa shape index (κ3) is 14.5. The summed E-state index contributed by atoms with van der Waals surface area (Å²) in [5.41, 5.74) is 2.44. The number of nitro groups is 1. The number of nitrogens with zero attached hydrogens (tertiary/aromatic N) is 2. The first-order valence-corrected chi connectivity index (χ1v) is 12.4. The second-order valence-corrected chi connectivity index (χ2v) is 8.46. The second-order valence-electron chi connectivity index (χ2n) is 8.46. The Balaban J connectivity index is 2.02. The summed E-state index contributed by atoms with van der Waals surface area (Å²) in [6.07, 6.45) is 20.7. The van der Waals surface area contributed by atoms with E-state index in [2.05, 4.69) is 6.92 Å². The maximum absolute atomic E-state index is 12.1. The molecule has 0 unspecified atom stereocenters. The summed E-state index contributed by atoms with van der Waals surface area (Å²) in [6.45, 7) is 2.75. The zero-order valence-electron chi connectivity index (χ0n) is 19.5. The molecule has 2 amide bonds. The quantitative estimate of drug-likeness (QED) is 0.138. The van der Waals surface area contributed by atoms with Crippen LogP contribution in [0.3, 0.4) is 0 Å². The molecule has 0 atom stereocenters. The Kier molecular flexibility index (Phi) is 16.2. The van der Waals surface area contributed by atoms with Gasteiger partial charge in [0, 0.05) is 12.2 Å². The monoisotopic (exact) mass is 433 g/mol. The van der Waals surface area contributed by atoms with Gasteiger partial charge < -0.3 is 0 Å². The molecule has 0 fully saturated rings. The normalized spacial score (nSPS) is 10.7. The molecule has 0 saturated heterocycles. The fourth-order valence-electron chi connectivity index (χ4n) is 3.91. The molecule has 0 saturated carbocycles. The Hall–Kier alpha value is -2.11. The molecule has 0 aromatic heterocycles. The molecular weight excluding hydrogens is 390 g/mol. The van der Waals surface area contributed by atoms with E-state index >= 15 is 0 Å². The van der Waals surface area contributed by atoms with Crippen molar-refractivity contribution in [3.63, 3.8) is 0 Å². The lowest BCUT2D eigenvalue weighted by Crippen LogP contribution is -2.43. The summed E-state index contributed by atoms with van der Waals surface area (Å²) in [4.78, 5) is 24.2. The number of carbonyl (C=O) groups is 1. The van der Waals surface area contributed by atoms with Crippen molar-refractivity contribution in [1.29, 1.82) is 0 Å². The molecule has 1 rings (SSSR count). The molecule has 0 radical (unpaired) electrons. The van der Waals surface area contributed by atoms with Gasteiger partial charge >= 0.3 is 6.03 Å². The highest BCUT2D eigenvalue weighted by Crippen LogP contribution is 2.16. The van der Waals surface area contributed by atoms with Gasteiger partial charge in [-0.2, -0.15) is 0 Å². The van der Waals surface area contributed by atoms with E-state index in [-0.39, 0.29) is 0 Å². The number of rotatable bonds is 19. The molecule has 0 aliphatic rings. The maximum atomic E-state index is 12.1. The van der Waals surface area contributed by atoms with Crippen LogP contribution in [0.15, 0.2) is 30.3 Å². The van der Waals surface area contributed by atoms with Crippen LogP contribution in [0.1, 0.15) is 110 Å². The van der Waals surface area contributed by atoms with Crippen molar-refractivity contribution < 1.29 is 9.83 Å². The number of unbranched alkanes of at least 4 members (excludes halogenated alkanes) is 15. The number of amides is 2. The van der Waals surface area contributed by atoms with E-state index in [0.29, 0.717) is 12.2 Å². The number of carbonyl (C=O) groups excluding carboxylic acids is 1. The Morgan fingerprint density at radius 3 is 1.61 bits per heavy atom. The molecule has 31 heavy (non-hydrogen) atoms. The summed E-state index contributed by atoms with van der Waals surface area (Å²) in [6, 6.07) is 8.43. The van der Waals surface area contributed by atoms with E-state index < -0.39 is 11.1 Å². The molecule has 1 aromatic rings. The Morgan fingerprint density at radius 1 is 0.774 bits per heavy atom. The number of urea groups is 1. The van der Waals surface area contributed by atoms with Gasteiger partial charge in [0.15, 0.2) is 5.03 Å². The van der Waals surface area contributed by atoms with Crippen LogP contribution in [0.5, 0.6) is 0 Å². The predicted molar refractivity (Wildman–Crippen MR) is 129 cm³/mol. The Labute approximate surface area is 188 Å². The average Bonchev–Trinajstić information content (AvgIpc) is 2.76. The molecule has 1 N–H and O–H groups in total. The molecule has 0 heterocycles. The summed E-state index contributed by atoms with van der Waals surface area (Å²) in [5.74, 6) is 0. The lowest BCUT2D eigenvalue weighted by atomic mass is 10.0. The van der Waals surface area contributed by atoms with Crippen molar-refractivity contribution in [3.05, 3.63) is 40.4 Å². The smallest absolute Gasteiger partial charge is 0.290 e. The van der Waals surface area contributed by atoms with E-state index in [1.54, 1.807) is 17.6 Å². The number of para-hydroxylation sites is 1. The van der Waals surface area contributed by atoms with Gasteiger partial charge in [0.1, 0.15) is 0 Å². The minimum Gasteiger partial charge on any atom is -0.290 e. The fraction of sp³-hybridized carbons (Fsp3) is 0.720. The van der Waals surface area contributed by atoms with Gasteiger partial charge in [0.2, 0.25) is 0 Å². The van der Waals surface area contributed by atoms with E-state index in [9.17, 15) is 14.9 Å². The Bertz CT molecular complexity index is 581. The third-order valence-corrected chi connectivity index (χ3v) is 5.74. The molecule has 0 aliphatic carbocycles. The van der Waals surface area contributed by atoms with Gasteiger partial charge in [0.05, 0.1) is 0 Å². The summed E-state index contributed by atoms with van der Waals surface area (Å²) in [5, 5.41) is 9.82. The SMILES string of the molecule is CCCCCCCCCCCCCCCCCCN(C(=O)N[N+](=O)[O-])c1ccccc1. The highest BCUT2D eigenvalue weighted by molar-refractivity contribution is 5.91. The van der Waals surface area contributed by atoms with Gasteiger partial charge in [-0.15, -0.1) is 0 Å². The number of hydrogen-bond acceptors (Lipinski definition) is 3. The Morgan fingerprint density at radius 2 is 1.19 bits per heavy atom. The first-order valence-electron chi connectivity index (χ1n) is 12.4. The minimum atomic E-state index is -0.800. The van der Waals surface area contributed by atoms with Gasteiger partial charge in [0.25, 0.3) is 0 Å². The van der Waals surface area contributed by atoms with E-state index in [1.807, 2.05) is 18.2 Å². The minimum absolute atomic E-state index is 0.488. The molecule has 0 spiro atoms. The van der Waals surface area contributed by atoms with Gasteiger partial charge in [-0.05, 0) is 24.0 Å². The van der Waals surface area contributed by atoms with Crippen LogP contribution in [-0.2, 0) is 0 Å². The van der Waals surface area contributed by atoms with Crippen LogP contribution in [0.2, 0.25) is 0 Å². The van der Waals surface area contributed by atoms with E-state index in [1.165, 1.54) is 88.4 Å². The van der Waals surface area contributed by atoms with Crippen molar-refractivity contribution in [2.45, 2.75) is 110 Å². The molecule has 6 nitrogen and oxygen atoms in total. The molecule has 1 aromatic carbocycles. The zero-order chi connectivity index (χ0) is 22.6. The van der Waals surface area contributed by atoms with Gasteiger partial charge in [-0.1, -0.05) is 121 Å². The lowest BCUT2D eigenvalue weighted by molar-refractivity contribution is -0.527. The van der Waals surface area contributed by atoms with Gasteiger partial charge in [-0.3, -0.25) is 4.90 Å². The topological polar surface area (TPSA) is 75.5 Å². The number of benzene rings is 1. The van der Waals surface area contributed by atoms with E-state index in [0.717, 1.165) is 19.3 Å².